The summed E-state index contributed by atoms with van der Waals surface area (Å²) < 4.78 is 33.3. The molecule has 0 unspecified atom stereocenters. The molecule has 0 aromatic heterocycles. The number of benzene rings is 2. The van der Waals surface area contributed by atoms with Gasteiger partial charge in [-0.05, 0) is 48.9 Å². The van der Waals surface area contributed by atoms with Gasteiger partial charge in [-0.25, -0.2) is 8.42 Å². The first-order valence-electron chi connectivity index (χ1n) is 8.57. The number of halogens is 1. The molecule has 0 spiro atoms. The summed E-state index contributed by atoms with van der Waals surface area (Å²) in [5.74, 6) is 0.204. The van der Waals surface area contributed by atoms with Crippen LogP contribution in [-0.2, 0) is 14.8 Å². The third kappa shape index (κ3) is 5.54. The van der Waals surface area contributed by atoms with Crippen LogP contribution in [0.3, 0.4) is 0 Å². The first kappa shape index (κ1) is 21.4. The Kier molecular flexibility index (Phi) is 7.41. The Labute approximate surface area is 168 Å². The number of ether oxygens (including phenoxy) is 1. The van der Waals surface area contributed by atoms with E-state index in [2.05, 4.69) is 21.2 Å². The molecule has 0 atom stereocenters. The van der Waals surface area contributed by atoms with E-state index in [0.29, 0.717) is 30.1 Å². The molecule has 0 saturated carbocycles. The molecule has 2 rings (SSSR count). The van der Waals surface area contributed by atoms with Gasteiger partial charge in [0.05, 0.1) is 4.90 Å². The Balaban J connectivity index is 2.11. The number of amides is 1. The summed E-state index contributed by atoms with van der Waals surface area (Å²) in [5, 5.41) is 2.68. The maximum absolute atomic E-state index is 12.8. The van der Waals surface area contributed by atoms with E-state index in [1.54, 1.807) is 45.0 Å². The van der Waals surface area contributed by atoms with Crippen molar-refractivity contribution < 1.29 is 17.9 Å². The smallest absolute Gasteiger partial charge is 0.262 e. The molecule has 8 heteroatoms. The van der Waals surface area contributed by atoms with E-state index in [-0.39, 0.29) is 17.4 Å². The van der Waals surface area contributed by atoms with Gasteiger partial charge in [-0.2, -0.15) is 4.31 Å². The summed E-state index contributed by atoms with van der Waals surface area (Å²) >= 11 is 3.33. The van der Waals surface area contributed by atoms with Crippen molar-refractivity contribution in [1.29, 1.82) is 0 Å². The highest BCUT2D eigenvalue weighted by Gasteiger charge is 2.24. The second kappa shape index (κ2) is 9.34. The summed E-state index contributed by atoms with van der Waals surface area (Å²) in [6.07, 6.45) is 0. The predicted molar refractivity (Wildman–Crippen MR) is 110 cm³/mol. The first-order valence-corrected chi connectivity index (χ1v) is 10.8. The lowest BCUT2D eigenvalue weighted by molar-refractivity contribution is -0.118. The molecule has 0 aliphatic rings. The molecule has 2 aromatic carbocycles. The van der Waals surface area contributed by atoms with Gasteiger partial charge >= 0.3 is 0 Å². The molecule has 1 N–H and O–H groups in total. The van der Waals surface area contributed by atoms with Crippen molar-refractivity contribution in [2.45, 2.75) is 25.7 Å². The zero-order chi connectivity index (χ0) is 20.0. The molecule has 27 heavy (non-hydrogen) atoms. The first-order chi connectivity index (χ1) is 12.8. The van der Waals surface area contributed by atoms with Crippen molar-refractivity contribution in [2.24, 2.45) is 0 Å². The number of aryl methyl sites for hydroxylation is 1. The third-order valence-electron chi connectivity index (χ3n) is 3.98. The van der Waals surface area contributed by atoms with Gasteiger partial charge in [0.2, 0.25) is 10.0 Å². The van der Waals surface area contributed by atoms with Crippen LogP contribution in [0.15, 0.2) is 51.8 Å². The largest absolute Gasteiger partial charge is 0.484 e. The van der Waals surface area contributed by atoms with Gasteiger partial charge in [0.25, 0.3) is 5.91 Å². The highest BCUT2D eigenvalue weighted by molar-refractivity contribution is 9.10. The zero-order valence-electron chi connectivity index (χ0n) is 15.5. The van der Waals surface area contributed by atoms with Crippen molar-refractivity contribution in [3.63, 3.8) is 0 Å². The molecule has 1 amide bonds. The molecule has 2 aromatic rings. The van der Waals surface area contributed by atoms with E-state index >= 15 is 0 Å². The van der Waals surface area contributed by atoms with Gasteiger partial charge in [0.1, 0.15) is 5.75 Å². The number of carbonyl (C=O) groups is 1. The van der Waals surface area contributed by atoms with E-state index < -0.39 is 10.0 Å². The summed E-state index contributed by atoms with van der Waals surface area (Å²) in [4.78, 5) is 12.3. The minimum absolute atomic E-state index is 0.173. The van der Waals surface area contributed by atoms with Crippen LogP contribution >= 0.6 is 15.9 Å². The second-order valence-electron chi connectivity index (χ2n) is 5.86. The molecular formula is C19H23BrN2O4S. The van der Waals surface area contributed by atoms with Gasteiger partial charge in [-0.3, -0.25) is 4.79 Å². The SMILES string of the molecule is CCN(CC)S(=O)(=O)c1cc(NC(=O)COc2ccc(Br)cc2)ccc1C. The van der Waals surface area contributed by atoms with Crippen LogP contribution in [0.1, 0.15) is 19.4 Å². The van der Waals surface area contributed by atoms with Gasteiger partial charge in [0, 0.05) is 23.2 Å². The Morgan fingerprint density at radius 2 is 1.74 bits per heavy atom. The minimum Gasteiger partial charge on any atom is -0.484 e. The molecule has 0 fully saturated rings. The van der Waals surface area contributed by atoms with Crippen molar-refractivity contribution >= 4 is 37.5 Å². The number of nitrogens with one attached hydrogen (secondary N) is 1. The van der Waals surface area contributed by atoms with Gasteiger partial charge in [-0.15, -0.1) is 0 Å². The van der Waals surface area contributed by atoms with Crippen LogP contribution in [0.5, 0.6) is 5.75 Å². The molecule has 0 aliphatic heterocycles. The Morgan fingerprint density at radius 3 is 2.33 bits per heavy atom. The minimum atomic E-state index is -3.60. The normalized spacial score (nSPS) is 11.4. The maximum Gasteiger partial charge on any atom is 0.262 e. The second-order valence-corrected chi connectivity index (χ2v) is 8.68. The number of hydrogen-bond acceptors (Lipinski definition) is 4. The fourth-order valence-electron chi connectivity index (χ4n) is 2.54. The van der Waals surface area contributed by atoms with Crippen molar-refractivity contribution in [3.8, 4) is 5.75 Å². The standard InChI is InChI=1S/C19H23BrN2O4S/c1-4-22(5-2)27(24,25)18-12-16(9-6-14(18)3)21-19(23)13-26-17-10-7-15(20)8-11-17/h6-12H,4-5,13H2,1-3H3,(H,21,23). The lowest BCUT2D eigenvalue weighted by atomic mass is 10.2. The van der Waals surface area contributed by atoms with E-state index in [9.17, 15) is 13.2 Å². The zero-order valence-corrected chi connectivity index (χ0v) is 17.9. The average Bonchev–Trinajstić information content (AvgIpc) is 2.63. The van der Waals surface area contributed by atoms with Gasteiger partial charge < -0.3 is 10.1 Å². The van der Waals surface area contributed by atoms with E-state index in [1.165, 1.54) is 10.4 Å². The van der Waals surface area contributed by atoms with E-state index in [1.807, 2.05) is 12.1 Å². The fraction of sp³-hybridized carbons (Fsp3) is 0.316. The summed E-state index contributed by atoms with van der Waals surface area (Å²) in [6.45, 7) is 5.92. The number of hydrogen-bond donors (Lipinski definition) is 1. The fourth-order valence-corrected chi connectivity index (χ4v) is 4.51. The summed E-state index contributed by atoms with van der Waals surface area (Å²) in [7, 11) is -3.60. The topological polar surface area (TPSA) is 75.7 Å². The van der Waals surface area contributed by atoms with Crippen molar-refractivity contribution in [1.82, 2.24) is 4.31 Å². The highest BCUT2D eigenvalue weighted by Crippen LogP contribution is 2.23. The number of anilines is 1. The maximum atomic E-state index is 12.8. The molecule has 0 radical (unpaired) electrons. The van der Waals surface area contributed by atoms with Crippen molar-refractivity contribution in [2.75, 3.05) is 25.0 Å². The Hall–Kier alpha value is -1.90. The monoisotopic (exact) mass is 454 g/mol. The Bertz CT molecular complexity index is 894. The quantitative estimate of drug-likeness (QED) is 0.657. The molecule has 146 valence electrons. The van der Waals surface area contributed by atoms with Crippen LogP contribution in [0.4, 0.5) is 5.69 Å². The molecule has 0 bridgehead atoms. The van der Waals surface area contributed by atoms with Crippen LogP contribution in [-0.4, -0.2) is 38.3 Å². The number of rotatable bonds is 8. The molecule has 0 saturated heterocycles. The predicted octanol–water partition coefficient (Wildman–Crippen LogP) is 3.81. The lowest BCUT2D eigenvalue weighted by Crippen LogP contribution is -2.31. The number of sulfonamides is 1. The molecular weight excluding hydrogens is 432 g/mol. The van der Waals surface area contributed by atoms with Crippen LogP contribution in [0.25, 0.3) is 0 Å². The molecule has 0 heterocycles. The number of carbonyl (C=O) groups excluding carboxylic acids is 1. The van der Waals surface area contributed by atoms with Gasteiger partial charge in [0.15, 0.2) is 6.61 Å². The van der Waals surface area contributed by atoms with Gasteiger partial charge in [-0.1, -0.05) is 35.8 Å². The average molecular weight is 455 g/mol. The summed E-state index contributed by atoms with van der Waals surface area (Å²) in [5.41, 5.74) is 1.04. The molecule has 0 aliphatic carbocycles. The Morgan fingerprint density at radius 1 is 1.11 bits per heavy atom. The van der Waals surface area contributed by atoms with Crippen LogP contribution in [0, 0.1) is 6.92 Å². The summed E-state index contributed by atoms with van der Waals surface area (Å²) in [6, 6.07) is 12.0. The van der Waals surface area contributed by atoms with Crippen LogP contribution in [0.2, 0.25) is 0 Å². The van der Waals surface area contributed by atoms with E-state index in [0.717, 1.165) is 4.47 Å². The molecule has 6 nitrogen and oxygen atoms in total. The third-order valence-corrected chi connectivity index (χ3v) is 6.70. The van der Waals surface area contributed by atoms with E-state index in [4.69, 9.17) is 4.74 Å². The van der Waals surface area contributed by atoms with Crippen LogP contribution < -0.4 is 10.1 Å². The number of nitrogens with zero attached hydrogens (tertiary/aromatic N) is 1. The lowest BCUT2D eigenvalue weighted by Gasteiger charge is -2.20. The van der Waals surface area contributed by atoms with Crippen molar-refractivity contribution in [3.05, 3.63) is 52.5 Å². The highest BCUT2D eigenvalue weighted by atomic mass is 79.9.